The maximum Gasteiger partial charge on any atom is 0.241 e. The molecule has 1 aliphatic heterocycles. The van der Waals surface area contributed by atoms with Crippen molar-refractivity contribution in [1.29, 1.82) is 0 Å². The fourth-order valence-electron chi connectivity index (χ4n) is 2.65. The van der Waals surface area contributed by atoms with Crippen LogP contribution in [0.25, 0.3) is 0 Å². The van der Waals surface area contributed by atoms with Crippen molar-refractivity contribution in [2.45, 2.75) is 24.3 Å². The molecule has 0 atom stereocenters. The molecule has 0 unspecified atom stereocenters. The van der Waals surface area contributed by atoms with E-state index in [1.807, 2.05) is 24.3 Å². The number of nitrogens with two attached hydrogens (primary N) is 1. The first kappa shape index (κ1) is 16.4. The van der Waals surface area contributed by atoms with E-state index < -0.39 is 10.0 Å². The first-order chi connectivity index (χ1) is 11.4. The predicted molar refractivity (Wildman–Crippen MR) is 91.0 cm³/mol. The highest BCUT2D eigenvalue weighted by Gasteiger charge is 2.21. The Bertz CT molecular complexity index is 850. The molecule has 1 amide bonds. The Hall–Kier alpha value is -2.45. The van der Waals surface area contributed by atoms with E-state index in [2.05, 4.69) is 10.3 Å². The van der Waals surface area contributed by atoms with Gasteiger partial charge in [-0.05, 0) is 36.2 Å². The molecule has 3 N–H and O–H groups in total. The van der Waals surface area contributed by atoms with E-state index in [1.165, 1.54) is 18.3 Å². The highest BCUT2D eigenvalue weighted by molar-refractivity contribution is 7.89. The van der Waals surface area contributed by atoms with Gasteiger partial charge in [-0.15, -0.1) is 0 Å². The van der Waals surface area contributed by atoms with Crippen molar-refractivity contribution in [2.24, 2.45) is 5.14 Å². The van der Waals surface area contributed by atoms with Crippen LogP contribution in [-0.2, 0) is 21.4 Å². The Morgan fingerprint density at radius 1 is 1.21 bits per heavy atom. The molecule has 0 aliphatic carbocycles. The molecule has 24 heavy (non-hydrogen) atoms. The van der Waals surface area contributed by atoms with Crippen molar-refractivity contribution in [3.8, 4) is 0 Å². The van der Waals surface area contributed by atoms with Crippen molar-refractivity contribution >= 4 is 27.4 Å². The molecule has 1 fully saturated rings. The summed E-state index contributed by atoms with van der Waals surface area (Å²) in [6, 6.07) is 10.5. The third kappa shape index (κ3) is 3.55. The number of anilines is 2. The van der Waals surface area contributed by atoms with Gasteiger partial charge in [-0.1, -0.05) is 12.1 Å². The number of hydrogen-bond acceptors (Lipinski definition) is 5. The number of carbonyl (C=O) groups is 1. The van der Waals surface area contributed by atoms with Crippen molar-refractivity contribution in [1.82, 2.24) is 4.98 Å². The molecule has 0 spiro atoms. The number of hydrogen-bond donors (Lipinski definition) is 2. The third-order valence-electron chi connectivity index (χ3n) is 3.86. The zero-order valence-electron chi connectivity index (χ0n) is 13.0. The minimum Gasteiger partial charge on any atom is -0.365 e. The fourth-order valence-corrected chi connectivity index (χ4v) is 3.32. The van der Waals surface area contributed by atoms with Crippen LogP contribution in [0.15, 0.2) is 47.5 Å². The number of sulfonamides is 1. The van der Waals surface area contributed by atoms with Gasteiger partial charge in [0.05, 0.1) is 0 Å². The topological polar surface area (TPSA) is 105 Å². The molecule has 0 radical (unpaired) electrons. The molecule has 0 saturated carbocycles. The van der Waals surface area contributed by atoms with Gasteiger partial charge in [0.2, 0.25) is 15.9 Å². The van der Waals surface area contributed by atoms with E-state index in [1.54, 1.807) is 4.90 Å². The second-order valence-electron chi connectivity index (χ2n) is 5.56. The highest BCUT2D eigenvalue weighted by atomic mass is 32.2. The van der Waals surface area contributed by atoms with E-state index >= 15 is 0 Å². The maximum absolute atomic E-state index is 11.7. The molecule has 1 saturated heterocycles. The van der Waals surface area contributed by atoms with Crippen LogP contribution >= 0.6 is 0 Å². The zero-order valence-corrected chi connectivity index (χ0v) is 13.8. The Kier molecular flexibility index (Phi) is 4.50. The number of nitrogens with one attached hydrogen (secondary N) is 1. The van der Waals surface area contributed by atoms with Gasteiger partial charge in [-0.3, -0.25) is 4.79 Å². The molecular weight excluding hydrogens is 328 g/mol. The summed E-state index contributed by atoms with van der Waals surface area (Å²) < 4.78 is 23.1. The van der Waals surface area contributed by atoms with Crippen LogP contribution < -0.4 is 15.4 Å². The normalized spacial score (nSPS) is 14.9. The number of rotatable bonds is 5. The number of benzene rings is 1. The average Bonchev–Trinajstić information content (AvgIpc) is 2.99. The van der Waals surface area contributed by atoms with E-state index in [4.69, 9.17) is 5.14 Å². The van der Waals surface area contributed by atoms with Gasteiger partial charge < -0.3 is 10.2 Å². The summed E-state index contributed by atoms with van der Waals surface area (Å²) in [5.41, 5.74) is 1.82. The largest absolute Gasteiger partial charge is 0.365 e. The standard InChI is InChI=1S/C16H18N4O3S/c17-24(22,23)14-3-1-9-18-16(14)19-11-12-5-7-13(8-6-12)20-10-2-4-15(20)21/h1,3,5-9H,2,4,10-11H2,(H,18,19)(H2,17,22,23). The first-order valence-corrected chi connectivity index (χ1v) is 9.11. The smallest absolute Gasteiger partial charge is 0.241 e. The first-order valence-electron chi connectivity index (χ1n) is 7.56. The lowest BCUT2D eigenvalue weighted by Crippen LogP contribution is -2.23. The van der Waals surface area contributed by atoms with Crippen LogP contribution in [0.2, 0.25) is 0 Å². The van der Waals surface area contributed by atoms with Crippen LogP contribution in [-0.4, -0.2) is 25.9 Å². The minimum atomic E-state index is -3.83. The van der Waals surface area contributed by atoms with Crippen molar-refractivity contribution in [3.63, 3.8) is 0 Å². The molecule has 0 bridgehead atoms. The second-order valence-corrected chi connectivity index (χ2v) is 7.09. The predicted octanol–water partition coefficient (Wildman–Crippen LogP) is 1.47. The number of nitrogens with zero attached hydrogens (tertiary/aromatic N) is 2. The van der Waals surface area contributed by atoms with E-state index in [0.717, 1.165) is 24.2 Å². The molecule has 7 nitrogen and oxygen atoms in total. The SMILES string of the molecule is NS(=O)(=O)c1cccnc1NCc1ccc(N2CCCC2=O)cc1. The van der Waals surface area contributed by atoms with Gasteiger partial charge in [-0.2, -0.15) is 0 Å². The number of aromatic nitrogens is 1. The monoisotopic (exact) mass is 346 g/mol. The number of primary sulfonamides is 1. The van der Waals surface area contributed by atoms with E-state index in [0.29, 0.717) is 13.0 Å². The molecule has 8 heteroatoms. The summed E-state index contributed by atoms with van der Waals surface area (Å²) in [6.45, 7) is 1.15. The van der Waals surface area contributed by atoms with Crippen LogP contribution in [0, 0.1) is 0 Å². The molecular formula is C16H18N4O3S. The van der Waals surface area contributed by atoms with Gasteiger partial charge in [0.25, 0.3) is 0 Å². The van der Waals surface area contributed by atoms with Gasteiger partial charge >= 0.3 is 0 Å². The molecule has 2 heterocycles. The summed E-state index contributed by atoms with van der Waals surface area (Å²) >= 11 is 0. The molecule has 2 aromatic rings. The average molecular weight is 346 g/mol. The van der Waals surface area contributed by atoms with E-state index in [-0.39, 0.29) is 16.6 Å². The van der Waals surface area contributed by atoms with Crippen molar-refractivity contribution in [2.75, 3.05) is 16.8 Å². The molecule has 3 rings (SSSR count). The Labute approximate surface area is 140 Å². The van der Waals surface area contributed by atoms with E-state index in [9.17, 15) is 13.2 Å². The fraction of sp³-hybridized carbons (Fsp3) is 0.250. The number of carbonyl (C=O) groups excluding carboxylic acids is 1. The zero-order chi connectivity index (χ0) is 17.2. The Morgan fingerprint density at radius 2 is 1.96 bits per heavy atom. The minimum absolute atomic E-state index is 0.0377. The lowest BCUT2D eigenvalue weighted by molar-refractivity contribution is -0.117. The van der Waals surface area contributed by atoms with Crippen LogP contribution in [0.1, 0.15) is 18.4 Å². The highest BCUT2D eigenvalue weighted by Crippen LogP contribution is 2.22. The summed E-state index contributed by atoms with van der Waals surface area (Å²) in [5, 5.41) is 8.17. The van der Waals surface area contributed by atoms with Gasteiger partial charge in [0.15, 0.2) is 0 Å². The van der Waals surface area contributed by atoms with Gasteiger partial charge in [-0.25, -0.2) is 18.5 Å². The molecule has 1 aromatic heterocycles. The van der Waals surface area contributed by atoms with Crippen LogP contribution in [0.4, 0.5) is 11.5 Å². The summed E-state index contributed by atoms with van der Waals surface area (Å²) in [6.07, 6.45) is 2.98. The maximum atomic E-state index is 11.7. The van der Waals surface area contributed by atoms with Crippen molar-refractivity contribution < 1.29 is 13.2 Å². The third-order valence-corrected chi connectivity index (χ3v) is 4.80. The lowest BCUT2D eigenvalue weighted by atomic mass is 10.2. The number of pyridine rings is 1. The Morgan fingerprint density at radius 3 is 2.58 bits per heavy atom. The van der Waals surface area contributed by atoms with Crippen molar-refractivity contribution in [3.05, 3.63) is 48.2 Å². The van der Waals surface area contributed by atoms with Gasteiger partial charge in [0.1, 0.15) is 10.7 Å². The summed E-state index contributed by atoms with van der Waals surface area (Å²) in [7, 11) is -3.83. The van der Waals surface area contributed by atoms with Crippen LogP contribution in [0.3, 0.4) is 0 Å². The second kappa shape index (κ2) is 6.58. The number of amides is 1. The molecule has 1 aromatic carbocycles. The lowest BCUT2D eigenvalue weighted by Gasteiger charge is -2.16. The van der Waals surface area contributed by atoms with Gasteiger partial charge in [0, 0.05) is 31.4 Å². The Balaban J connectivity index is 1.71. The summed E-state index contributed by atoms with van der Waals surface area (Å²) in [4.78, 5) is 17.5. The quantitative estimate of drug-likeness (QED) is 0.853. The van der Waals surface area contributed by atoms with Crippen LogP contribution in [0.5, 0.6) is 0 Å². The summed E-state index contributed by atoms with van der Waals surface area (Å²) in [5.74, 6) is 0.367. The molecule has 126 valence electrons. The molecule has 1 aliphatic rings.